The molecule has 1 rings (SSSR count). The first-order valence-electron chi connectivity index (χ1n) is 6.38. The molecule has 0 aliphatic carbocycles. The minimum Gasteiger partial charge on any atom is -0.490 e. The van der Waals surface area contributed by atoms with Crippen molar-refractivity contribution in [3.63, 3.8) is 0 Å². The summed E-state index contributed by atoms with van der Waals surface area (Å²) < 4.78 is 16.9. The summed E-state index contributed by atoms with van der Waals surface area (Å²) in [5.74, 6) is 0.215. The molecule has 4 nitrogen and oxygen atoms in total. The molecule has 0 saturated heterocycles. The van der Waals surface area contributed by atoms with Gasteiger partial charge in [-0.3, -0.25) is 9.00 Å². The Morgan fingerprint density at radius 1 is 1.40 bits per heavy atom. The van der Waals surface area contributed by atoms with Crippen LogP contribution in [-0.4, -0.2) is 34.3 Å². The third kappa shape index (κ3) is 5.13. The Hall–Kier alpha value is -1.07. The van der Waals surface area contributed by atoms with E-state index in [0.717, 1.165) is 0 Å². The lowest BCUT2D eigenvalue weighted by atomic mass is 10.2. The molecule has 0 fully saturated rings. The average molecular weight is 318 g/mol. The van der Waals surface area contributed by atoms with Gasteiger partial charge in [0.05, 0.1) is 11.7 Å². The van der Waals surface area contributed by atoms with Gasteiger partial charge in [-0.05, 0) is 39.0 Å². The lowest BCUT2D eigenvalue weighted by Crippen LogP contribution is -2.33. The predicted molar refractivity (Wildman–Crippen MR) is 83.1 cm³/mol. The highest BCUT2D eigenvalue weighted by molar-refractivity contribution is 7.84. The van der Waals surface area contributed by atoms with Gasteiger partial charge in [0.2, 0.25) is 0 Å². The number of carbonyl (C=O) groups excluding carboxylic acids is 1. The highest BCUT2D eigenvalue weighted by Gasteiger charge is 2.16. The van der Waals surface area contributed by atoms with Gasteiger partial charge in [0.25, 0.3) is 5.91 Å². The van der Waals surface area contributed by atoms with Crippen LogP contribution < -0.4 is 10.1 Å². The summed E-state index contributed by atoms with van der Waals surface area (Å²) in [6, 6.07) is 4.93. The fourth-order valence-corrected chi connectivity index (χ4v) is 1.98. The summed E-state index contributed by atoms with van der Waals surface area (Å²) in [4.78, 5) is 12.2. The van der Waals surface area contributed by atoms with E-state index in [2.05, 4.69) is 5.32 Å². The highest BCUT2D eigenvalue weighted by atomic mass is 35.5. The van der Waals surface area contributed by atoms with Gasteiger partial charge in [0, 0.05) is 33.9 Å². The van der Waals surface area contributed by atoms with Crippen molar-refractivity contribution in [2.24, 2.45) is 0 Å². The first-order chi connectivity index (χ1) is 9.31. The van der Waals surface area contributed by atoms with Gasteiger partial charge in [-0.1, -0.05) is 11.6 Å². The standard InChI is InChI=1S/C14H20ClNO3S/c1-9(2)19-13-6-5-11(15)7-12(13)14(17)16-8-10(3)20(4)18/h5-7,9-10H,8H2,1-4H3,(H,16,17)/t10-,20+/m1/s1. The quantitative estimate of drug-likeness (QED) is 0.877. The third-order valence-corrected chi connectivity index (χ3v) is 4.20. The van der Waals surface area contributed by atoms with Crippen LogP contribution in [0.15, 0.2) is 18.2 Å². The molecule has 2 atom stereocenters. The molecule has 1 N–H and O–H groups in total. The van der Waals surface area contributed by atoms with Crippen LogP contribution in [0.25, 0.3) is 0 Å². The predicted octanol–water partition coefficient (Wildman–Crippen LogP) is 2.62. The Labute approximate surface area is 127 Å². The first kappa shape index (κ1) is 17.0. The van der Waals surface area contributed by atoms with Crippen LogP contribution in [0.5, 0.6) is 5.75 Å². The Kier molecular flexibility index (Phi) is 6.49. The molecule has 0 saturated carbocycles. The van der Waals surface area contributed by atoms with Crippen LogP contribution in [0.1, 0.15) is 31.1 Å². The number of rotatable bonds is 6. The van der Waals surface area contributed by atoms with Crippen molar-refractivity contribution in [1.82, 2.24) is 5.32 Å². The lowest BCUT2D eigenvalue weighted by Gasteiger charge is -2.15. The van der Waals surface area contributed by atoms with E-state index >= 15 is 0 Å². The second kappa shape index (κ2) is 7.64. The number of ether oxygens (including phenoxy) is 1. The number of amides is 1. The van der Waals surface area contributed by atoms with Crippen LogP contribution in [-0.2, 0) is 10.8 Å². The second-order valence-corrected chi connectivity index (χ2v) is 7.06. The van der Waals surface area contributed by atoms with E-state index in [9.17, 15) is 9.00 Å². The molecule has 1 aromatic rings. The molecule has 6 heteroatoms. The van der Waals surface area contributed by atoms with E-state index in [1.807, 2.05) is 20.8 Å². The minimum atomic E-state index is -0.974. The first-order valence-corrected chi connectivity index (χ1v) is 8.37. The molecule has 0 aromatic heterocycles. The largest absolute Gasteiger partial charge is 0.490 e. The zero-order valence-electron chi connectivity index (χ0n) is 12.1. The van der Waals surface area contributed by atoms with Crippen LogP contribution in [0.3, 0.4) is 0 Å². The molecule has 0 aliphatic rings. The summed E-state index contributed by atoms with van der Waals surface area (Å²) in [5, 5.41) is 3.12. The molecule has 0 radical (unpaired) electrons. The summed E-state index contributed by atoms with van der Waals surface area (Å²) >= 11 is 5.93. The van der Waals surface area contributed by atoms with Crippen molar-refractivity contribution in [2.45, 2.75) is 32.1 Å². The van der Waals surface area contributed by atoms with Crippen molar-refractivity contribution in [1.29, 1.82) is 0 Å². The van der Waals surface area contributed by atoms with Gasteiger partial charge in [-0.15, -0.1) is 0 Å². The van der Waals surface area contributed by atoms with Crippen molar-refractivity contribution >= 4 is 28.3 Å². The smallest absolute Gasteiger partial charge is 0.255 e. The molecule has 0 heterocycles. The van der Waals surface area contributed by atoms with E-state index < -0.39 is 10.8 Å². The van der Waals surface area contributed by atoms with Gasteiger partial charge < -0.3 is 10.1 Å². The lowest BCUT2D eigenvalue weighted by molar-refractivity contribution is 0.0948. The maximum absolute atomic E-state index is 12.2. The Morgan fingerprint density at radius 2 is 2.05 bits per heavy atom. The van der Waals surface area contributed by atoms with E-state index in [1.54, 1.807) is 24.5 Å². The van der Waals surface area contributed by atoms with Crippen molar-refractivity contribution in [3.05, 3.63) is 28.8 Å². The zero-order valence-corrected chi connectivity index (χ0v) is 13.7. The van der Waals surface area contributed by atoms with E-state index in [4.69, 9.17) is 16.3 Å². The second-order valence-electron chi connectivity index (χ2n) is 4.83. The van der Waals surface area contributed by atoms with Gasteiger partial charge in [0.15, 0.2) is 0 Å². The summed E-state index contributed by atoms with van der Waals surface area (Å²) in [7, 11) is -0.974. The Morgan fingerprint density at radius 3 is 2.60 bits per heavy atom. The molecular formula is C14H20ClNO3S. The Bertz CT molecular complexity index is 505. The maximum atomic E-state index is 12.2. The number of carbonyl (C=O) groups is 1. The number of nitrogens with one attached hydrogen (secondary N) is 1. The fraction of sp³-hybridized carbons (Fsp3) is 0.500. The Balaban J connectivity index is 2.85. The molecule has 0 unspecified atom stereocenters. The fourth-order valence-electron chi connectivity index (χ4n) is 1.49. The zero-order chi connectivity index (χ0) is 15.3. The van der Waals surface area contributed by atoms with Gasteiger partial charge in [0.1, 0.15) is 5.75 Å². The van der Waals surface area contributed by atoms with Crippen molar-refractivity contribution in [2.75, 3.05) is 12.8 Å². The van der Waals surface area contributed by atoms with Crippen LogP contribution in [0.4, 0.5) is 0 Å². The summed E-state index contributed by atoms with van der Waals surface area (Å²) in [6.07, 6.45) is 1.58. The highest BCUT2D eigenvalue weighted by Crippen LogP contribution is 2.23. The molecule has 0 bridgehead atoms. The van der Waals surface area contributed by atoms with Gasteiger partial charge in [-0.25, -0.2) is 0 Å². The summed E-state index contributed by atoms with van der Waals surface area (Å²) in [5.41, 5.74) is 0.389. The van der Waals surface area contributed by atoms with Crippen molar-refractivity contribution < 1.29 is 13.7 Å². The number of halogens is 1. The number of hydrogen-bond donors (Lipinski definition) is 1. The van der Waals surface area contributed by atoms with Crippen LogP contribution >= 0.6 is 11.6 Å². The molecule has 1 aromatic carbocycles. The van der Waals surface area contributed by atoms with Gasteiger partial charge >= 0.3 is 0 Å². The van der Waals surface area contributed by atoms with Crippen LogP contribution in [0, 0.1) is 0 Å². The molecule has 1 amide bonds. The van der Waals surface area contributed by atoms with Crippen molar-refractivity contribution in [3.8, 4) is 5.75 Å². The average Bonchev–Trinajstić information content (AvgIpc) is 2.36. The van der Waals surface area contributed by atoms with Crippen LogP contribution in [0.2, 0.25) is 5.02 Å². The van der Waals surface area contributed by atoms with E-state index in [1.165, 1.54) is 0 Å². The normalized spacial score (nSPS) is 13.9. The minimum absolute atomic E-state index is 0.0372. The van der Waals surface area contributed by atoms with E-state index in [0.29, 0.717) is 22.9 Å². The SMILES string of the molecule is CC(C)Oc1ccc(Cl)cc1C(=O)NC[C@@H](C)[S@](C)=O. The summed E-state index contributed by atoms with van der Waals surface area (Å²) in [6.45, 7) is 5.94. The molecule has 0 aliphatic heterocycles. The number of benzene rings is 1. The molecule has 112 valence electrons. The van der Waals surface area contributed by atoms with E-state index in [-0.39, 0.29) is 17.3 Å². The maximum Gasteiger partial charge on any atom is 0.255 e. The third-order valence-electron chi connectivity index (χ3n) is 2.67. The number of hydrogen-bond acceptors (Lipinski definition) is 3. The topological polar surface area (TPSA) is 55.4 Å². The monoisotopic (exact) mass is 317 g/mol. The van der Waals surface area contributed by atoms with Gasteiger partial charge in [-0.2, -0.15) is 0 Å². The molecule has 0 spiro atoms. The molecule has 20 heavy (non-hydrogen) atoms. The molecular weight excluding hydrogens is 298 g/mol.